The van der Waals surface area contributed by atoms with Gasteiger partial charge in [-0.1, -0.05) is 18.2 Å². The van der Waals surface area contributed by atoms with E-state index in [0.29, 0.717) is 28.9 Å². The normalized spacial score (nSPS) is 10.8. The first-order valence-electron chi connectivity index (χ1n) is 8.69. The average molecular weight is 395 g/mol. The molecule has 0 aliphatic heterocycles. The summed E-state index contributed by atoms with van der Waals surface area (Å²) in [6.45, 7) is 0.659. The van der Waals surface area contributed by atoms with Crippen molar-refractivity contribution in [2.24, 2.45) is 5.10 Å². The van der Waals surface area contributed by atoms with E-state index in [0.717, 1.165) is 23.0 Å². The number of para-hydroxylation sites is 2. The van der Waals surface area contributed by atoms with Crippen LogP contribution in [0.4, 0.5) is 0 Å². The second-order valence-corrected chi connectivity index (χ2v) is 6.26. The molecular weight excluding hydrogens is 374 g/mol. The van der Waals surface area contributed by atoms with Gasteiger partial charge in [0.25, 0.3) is 0 Å². The van der Waals surface area contributed by atoms with Gasteiger partial charge in [0.2, 0.25) is 0 Å². The van der Waals surface area contributed by atoms with E-state index in [1.807, 2.05) is 42.5 Å². The van der Waals surface area contributed by atoms with Crippen LogP contribution in [-0.2, 0) is 6.42 Å². The number of hydrazone groups is 1. The van der Waals surface area contributed by atoms with Crippen LogP contribution in [0.15, 0.2) is 53.8 Å². The van der Waals surface area contributed by atoms with Gasteiger partial charge in [0, 0.05) is 6.54 Å². The number of hydrogen-bond acceptors (Lipinski definition) is 6. The van der Waals surface area contributed by atoms with E-state index in [9.17, 15) is 0 Å². The van der Waals surface area contributed by atoms with Crippen molar-refractivity contribution in [3.63, 3.8) is 0 Å². The summed E-state index contributed by atoms with van der Waals surface area (Å²) in [6.07, 6.45) is 4.03. The summed E-state index contributed by atoms with van der Waals surface area (Å²) >= 11 is 5.23. The third-order valence-electron chi connectivity index (χ3n) is 3.98. The van der Waals surface area contributed by atoms with Crippen molar-refractivity contribution in [2.75, 3.05) is 20.8 Å². The predicted molar refractivity (Wildman–Crippen MR) is 114 cm³/mol. The molecule has 0 saturated carbocycles. The van der Waals surface area contributed by atoms with Gasteiger partial charge in [0.15, 0.2) is 16.6 Å². The minimum absolute atomic E-state index is 0.436. The van der Waals surface area contributed by atoms with Gasteiger partial charge in [-0.2, -0.15) is 5.10 Å². The summed E-state index contributed by atoms with van der Waals surface area (Å²) in [5, 5.41) is 7.65. The van der Waals surface area contributed by atoms with Gasteiger partial charge in [-0.05, 0) is 48.5 Å². The first-order chi connectivity index (χ1) is 13.7. The van der Waals surface area contributed by atoms with Crippen LogP contribution in [0.3, 0.4) is 0 Å². The maximum Gasteiger partial charge on any atom is 0.186 e. The first kappa shape index (κ1) is 19.5. The number of benzene rings is 2. The zero-order valence-electron chi connectivity index (χ0n) is 15.7. The Hall–Kier alpha value is -3.26. The second kappa shape index (κ2) is 9.61. The molecule has 7 nitrogen and oxygen atoms in total. The standard InChI is InChI=1S/C20H21N5O2S/c1-26-18-8-7-14(11-19(18)27-2)9-10-21-20(28)25-23-13-15-12-22-16-5-3-4-6-17(16)24-15/h3-8,11-13H,9-10H2,1-2H3,(H2,21,25,28)/b23-13-. The Morgan fingerprint density at radius 3 is 2.68 bits per heavy atom. The van der Waals surface area contributed by atoms with Crippen molar-refractivity contribution in [1.82, 2.24) is 20.7 Å². The molecule has 28 heavy (non-hydrogen) atoms. The van der Waals surface area contributed by atoms with Crippen LogP contribution in [0.2, 0.25) is 0 Å². The number of thiocarbonyl (C=S) groups is 1. The molecule has 0 fully saturated rings. The average Bonchev–Trinajstić information content (AvgIpc) is 2.73. The van der Waals surface area contributed by atoms with Crippen LogP contribution >= 0.6 is 12.2 Å². The van der Waals surface area contributed by atoms with Gasteiger partial charge < -0.3 is 14.8 Å². The SMILES string of the molecule is COc1ccc(CCNC(=S)N/N=C\c2cnc3ccccc3n2)cc1OC. The van der Waals surface area contributed by atoms with Crippen LogP contribution in [0.25, 0.3) is 11.0 Å². The Balaban J connectivity index is 1.47. The van der Waals surface area contributed by atoms with Gasteiger partial charge in [0.1, 0.15) is 5.69 Å². The minimum atomic E-state index is 0.436. The highest BCUT2D eigenvalue weighted by Gasteiger charge is 2.04. The molecule has 0 aliphatic carbocycles. The molecule has 0 amide bonds. The molecule has 2 N–H and O–H groups in total. The van der Waals surface area contributed by atoms with Gasteiger partial charge >= 0.3 is 0 Å². The van der Waals surface area contributed by atoms with Crippen molar-refractivity contribution < 1.29 is 9.47 Å². The topological polar surface area (TPSA) is 80.7 Å². The van der Waals surface area contributed by atoms with Crippen molar-refractivity contribution >= 4 is 34.6 Å². The molecule has 0 aliphatic rings. The summed E-state index contributed by atoms with van der Waals surface area (Å²) in [7, 11) is 3.24. The molecule has 1 heterocycles. The summed E-state index contributed by atoms with van der Waals surface area (Å²) in [4.78, 5) is 8.81. The molecular formula is C20H21N5O2S. The van der Waals surface area contributed by atoms with Gasteiger partial charge in [-0.15, -0.1) is 0 Å². The third-order valence-corrected chi connectivity index (χ3v) is 4.21. The van der Waals surface area contributed by atoms with Crippen molar-refractivity contribution in [3.05, 3.63) is 59.9 Å². The molecule has 0 unspecified atom stereocenters. The lowest BCUT2D eigenvalue weighted by molar-refractivity contribution is 0.354. The number of rotatable bonds is 7. The fraction of sp³-hybridized carbons (Fsp3) is 0.200. The van der Waals surface area contributed by atoms with Gasteiger partial charge in [0.05, 0.1) is 37.7 Å². The van der Waals surface area contributed by atoms with Gasteiger partial charge in [-0.3, -0.25) is 10.4 Å². The molecule has 3 rings (SSSR count). The number of fused-ring (bicyclic) bond motifs is 1. The molecule has 0 radical (unpaired) electrons. The maximum atomic E-state index is 5.31. The maximum absolute atomic E-state index is 5.31. The summed E-state index contributed by atoms with van der Waals surface area (Å²) in [5.41, 5.74) is 6.22. The van der Waals surface area contributed by atoms with E-state index in [4.69, 9.17) is 21.7 Å². The lowest BCUT2D eigenvalue weighted by atomic mass is 10.1. The zero-order valence-corrected chi connectivity index (χ0v) is 16.5. The highest BCUT2D eigenvalue weighted by atomic mass is 32.1. The van der Waals surface area contributed by atoms with E-state index in [-0.39, 0.29) is 0 Å². The smallest absolute Gasteiger partial charge is 0.186 e. The van der Waals surface area contributed by atoms with Crippen LogP contribution < -0.4 is 20.2 Å². The number of methoxy groups -OCH3 is 2. The Bertz CT molecular complexity index is 993. The molecule has 0 saturated heterocycles. The highest BCUT2D eigenvalue weighted by molar-refractivity contribution is 7.80. The Morgan fingerprint density at radius 2 is 1.89 bits per heavy atom. The van der Waals surface area contributed by atoms with E-state index in [1.54, 1.807) is 26.6 Å². The molecule has 0 bridgehead atoms. The number of hydrogen-bond donors (Lipinski definition) is 2. The second-order valence-electron chi connectivity index (χ2n) is 5.85. The Labute approximate surface area is 168 Å². The van der Waals surface area contributed by atoms with E-state index >= 15 is 0 Å². The molecule has 1 aromatic heterocycles. The lowest BCUT2D eigenvalue weighted by Crippen LogP contribution is -2.33. The molecule has 8 heteroatoms. The van der Waals surface area contributed by atoms with Crippen LogP contribution in [-0.4, -0.2) is 42.1 Å². The van der Waals surface area contributed by atoms with Crippen LogP contribution in [0.5, 0.6) is 11.5 Å². The quantitative estimate of drug-likeness (QED) is 0.362. The summed E-state index contributed by atoms with van der Waals surface area (Å²) in [6, 6.07) is 13.5. The minimum Gasteiger partial charge on any atom is -0.493 e. The van der Waals surface area contributed by atoms with Crippen molar-refractivity contribution in [3.8, 4) is 11.5 Å². The fourth-order valence-electron chi connectivity index (χ4n) is 2.59. The summed E-state index contributed by atoms with van der Waals surface area (Å²) < 4.78 is 10.6. The number of aromatic nitrogens is 2. The van der Waals surface area contributed by atoms with Crippen molar-refractivity contribution in [2.45, 2.75) is 6.42 Å². The van der Waals surface area contributed by atoms with E-state index < -0.39 is 0 Å². The predicted octanol–water partition coefficient (Wildman–Crippen LogP) is 2.69. The molecule has 0 spiro atoms. The molecule has 144 valence electrons. The fourth-order valence-corrected chi connectivity index (χ4v) is 2.74. The monoisotopic (exact) mass is 395 g/mol. The van der Waals surface area contributed by atoms with Crippen molar-refractivity contribution in [1.29, 1.82) is 0 Å². The molecule has 2 aromatic carbocycles. The molecule has 3 aromatic rings. The number of nitrogens with one attached hydrogen (secondary N) is 2. The first-order valence-corrected chi connectivity index (χ1v) is 9.10. The lowest BCUT2D eigenvalue weighted by Gasteiger charge is -2.10. The summed E-state index contributed by atoms with van der Waals surface area (Å²) in [5.74, 6) is 1.42. The van der Waals surface area contributed by atoms with Crippen LogP contribution in [0.1, 0.15) is 11.3 Å². The largest absolute Gasteiger partial charge is 0.493 e. The number of nitrogens with zero attached hydrogens (tertiary/aromatic N) is 3. The van der Waals surface area contributed by atoms with E-state index in [2.05, 4.69) is 25.8 Å². The van der Waals surface area contributed by atoms with E-state index in [1.165, 1.54) is 0 Å². The highest BCUT2D eigenvalue weighted by Crippen LogP contribution is 2.27. The zero-order chi connectivity index (χ0) is 19.8. The van der Waals surface area contributed by atoms with Gasteiger partial charge in [-0.25, -0.2) is 4.98 Å². The van der Waals surface area contributed by atoms with Crippen LogP contribution in [0, 0.1) is 0 Å². The number of ether oxygens (including phenoxy) is 2. The Kier molecular flexibility index (Phi) is 6.69. The third kappa shape index (κ3) is 5.14. The Morgan fingerprint density at radius 1 is 1.11 bits per heavy atom. The molecule has 0 atom stereocenters.